The van der Waals surface area contributed by atoms with Crippen LogP contribution in [0.15, 0.2) is 78.9 Å². The van der Waals surface area contributed by atoms with E-state index in [0.717, 1.165) is 5.56 Å². The van der Waals surface area contributed by atoms with E-state index in [-0.39, 0.29) is 5.82 Å². The van der Waals surface area contributed by atoms with Crippen molar-refractivity contribution in [2.24, 2.45) is 11.5 Å². The third kappa shape index (κ3) is 2.79. The summed E-state index contributed by atoms with van der Waals surface area (Å²) in [6.07, 6.45) is 0. The maximum atomic E-state index is 13.5. The first-order valence-corrected chi connectivity index (χ1v) is 7.52. The number of nitrogens with two attached hydrogens (primary N) is 2. The van der Waals surface area contributed by atoms with E-state index in [1.165, 1.54) is 12.1 Å². The van der Waals surface area contributed by atoms with Crippen LogP contribution in [0.3, 0.4) is 0 Å². The molecular weight excluding hydrogens is 303 g/mol. The fourth-order valence-corrected chi connectivity index (χ4v) is 2.76. The van der Waals surface area contributed by atoms with Gasteiger partial charge in [0, 0.05) is 0 Å². The van der Waals surface area contributed by atoms with Crippen LogP contribution >= 0.6 is 0 Å². The lowest BCUT2D eigenvalue weighted by molar-refractivity contribution is -0.122. The Bertz CT molecular complexity index is 880. The Labute approximate surface area is 139 Å². The Kier molecular flexibility index (Phi) is 4.15. The molecule has 1 atom stereocenters. The summed E-state index contributed by atoms with van der Waals surface area (Å²) in [7, 11) is 0. The highest BCUT2D eigenvalue weighted by Gasteiger charge is 2.36. The normalized spacial score (nSPS) is 13.2. The first kappa shape index (κ1) is 15.9. The van der Waals surface area contributed by atoms with Crippen molar-refractivity contribution in [1.29, 1.82) is 0 Å². The number of hydrogen-bond acceptors (Lipinski definition) is 2. The third-order valence-electron chi connectivity index (χ3n) is 4.09. The van der Waals surface area contributed by atoms with Crippen molar-refractivity contribution in [3.63, 3.8) is 0 Å². The molecule has 4 N–H and O–H groups in total. The monoisotopic (exact) mass is 320 g/mol. The number of halogens is 1. The van der Waals surface area contributed by atoms with Crippen LogP contribution in [0, 0.1) is 5.82 Å². The molecule has 0 aliphatic rings. The molecule has 0 fully saturated rings. The highest BCUT2D eigenvalue weighted by molar-refractivity contribution is 5.90. The van der Waals surface area contributed by atoms with E-state index in [0.29, 0.717) is 16.7 Å². The van der Waals surface area contributed by atoms with Crippen LogP contribution in [0.4, 0.5) is 4.39 Å². The molecule has 3 aromatic rings. The lowest BCUT2D eigenvalue weighted by Gasteiger charge is -2.27. The van der Waals surface area contributed by atoms with Gasteiger partial charge in [0.1, 0.15) is 11.4 Å². The van der Waals surface area contributed by atoms with Crippen molar-refractivity contribution >= 4 is 5.91 Å². The van der Waals surface area contributed by atoms with Crippen molar-refractivity contribution < 1.29 is 9.18 Å². The van der Waals surface area contributed by atoms with Gasteiger partial charge in [0.2, 0.25) is 5.91 Å². The SMILES string of the molecule is NC(=O)C(N)(c1ccccc1)c1cccc(-c2cccc(F)c2)c1. The van der Waals surface area contributed by atoms with E-state index in [4.69, 9.17) is 11.5 Å². The molecule has 0 radical (unpaired) electrons. The van der Waals surface area contributed by atoms with Crippen LogP contribution < -0.4 is 11.5 Å². The number of rotatable bonds is 4. The minimum absolute atomic E-state index is 0.324. The van der Waals surface area contributed by atoms with Gasteiger partial charge in [-0.2, -0.15) is 0 Å². The van der Waals surface area contributed by atoms with E-state index in [1.54, 1.807) is 54.6 Å². The molecule has 0 heterocycles. The van der Waals surface area contributed by atoms with E-state index in [2.05, 4.69) is 0 Å². The molecule has 0 aliphatic carbocycles. The largest absolute Gasteiger partial charge is 0.367 e. The zero-order valence-electron chi connectivity index (χ0n) is 12.9. The highest BCUT2D eigenvalue weighted by Crippen LogP contribution is 2.30. The molecular formula is C20H17FN2O. The number of hydrogen-bond donors (Lipinski definition) is 2. The van der Waals surface area contributed by atoms with E-state index >= 15 is 0 Å². The smallest absolute Gasteiger partial charge is 0.246 e. The van der Waals surface area contributed by atoms with Crippen molar-refractivity contribution in [1.82, 2.24) is 0 Å². The second-order valence-electron chi connectivity index (χ2n) is 5.63. The molecule has 1 amide bonds. The van der Waals surface area contributed by atoms with Gasteiger partial charge < -0.3 is 11.5 Å². The lowest BCUT2D eigenvalue weighted by atomic mass is 9.82. The summed E-state index contributed by atoms with van der Waals surface area (Å²) < 4.78 is 13.5. The quantitative estimate of drug-likeness (QED) is 0.775. The minimum Gasteiger partial charge on any atom is -0.367 e. The number of benzene rings is 3. The van der Waals surface area contributed by atoms with Gasteiger partial charge in [-0.1, -0.05) is 60.7 Å². The molecule has 0 spiro atoms. The predicted octanol–water partition coefficient (Wildman–Crippen LogP) is 3.18. The van der Waals surface area contributed by atoms with Crippen LogP contribution in [0.25, 0.3) is 11.1 Å². The standard InChI is InChI=1S/C20H17FN2O/c21-18-11-5-7-15(13-18)14-6-4-10-17(12-14)20(23,19(22)24)16-8-2-1-3-9-16/h1-13H,23H2,(H2,22,24). The molecule has 120 valence electrons. The summed E-state index contributed by atoms with van der Waals surface area (Å²) in [4.78, 5) is 12.2. The molecule has 3 rings (SSSR count). The maximum Gasteiger partial charge on any atom is 0.246 e. The summed E-state index contributed by atoms with van der Waals surface area (Å²) >= 11 is 0. The number of carbonyl (C=O) groups excluding carboxylic acids is 1. The van der Waals surface area contributed by atoms with Crippen LogP contribution in [-0.2, 0) is 10.3 Å². The second kappa shape index (κ2) is 6.26. The fourth-order valence-electron chi connectivity index (χ4n) is 2.76. The molecule has 0 aliphatic heterocycles. The highest BCUT2D eigenvalue weighted by atomic mass is 19.1. The van der Waals surface area contributed by atoms with Gasteiger partial charge in [0.25, 0.3) is 0 Å². The summed E-state index contributed by atoms with van der Waals surface area (Å²) in [6, 6.07) is 22.4. The summed E-state index contributed by atoms with van der Waals surface area (Å²) in [5.74, 6) is -0.972. The van der Waals surface area contributed by atoms with Crippen molar-refractivity contribution in [2.45, 2.75) is 5.54 Å². The fraction of sp³-hybridized carbons (Fsp3) is 0.0500. The Morgan fingerprint density at radius 1 is 0.792 bits per heavy atom. The maximum absolute atomic E-state index is 13.5. The van der Waals surface area contributed by atoms with Crippen LogP contribution in [-0.4, -0.2) is 5.91 Å². The second-order valence-corrected chi connectivity index (χ2v) is 5.63. The summed E-state index contributed by atoms with van der Waals surface area (Å²) in [6.45, 7) is 0. The molecule has 0 bridgehead atoms. The molecule has 0 saturated heterocycles. The van der Waals surface area contributed by atoms with Crippen LogP contribution in [0.2, 0.25) is 0 Å². The number of carbonyl (C=O) groups is 1. The van der Waals surface area contributed by atoms with Gasteiger partial charge in [-0.3, -0.25) is 4.79 Å². The zero-order chi connectivity index (χ0) is 17.2. The zero-order valence-corrected chi connectivity index (χ0v) is 12.9. The molecule has 1 unspecified atom stereocenters. The van der Waals surface area contributed by atoms with Gasteiger partial charge in [-0.15, -0.1) is 0 Å². The molecule has 0 aromatic heterocycles. The Balaban J connectivity index is 2.14. The Morgan fingerprint density at radius 2 is 1.38 bits per heavy atom. The topological polar surface area (TPSA) is 69.1 Å². The summed E-state index contributed by atoms with van der Waals surface area (Å²) in [5, 5.41) is 0. The summed E-state index contributed by atoms with van der Waals surface area (Å²) in [5.41, 5.74) is 13.2. The van der Waals surface area contributed by atoms with E-state index in [9.17, 15) is 9.18 Å². The Hall–Kier alpha value is -2.98. The van der Waals surface area contributed by atoms with Crippen molar-refractivity contribution in [3.8, 4) is 11.1 Å². The predicted molar refractivity (Wildman–Crippen MR) is 92.4 cm³/mol. The van der Waals surface area contributed by atoms with Gasteiger partial charge >= 0.3 is 0 Å². The van der Waals surface area contributed by atoms with Gasteiger partial charge in [-0.05, 0) is 40.5 Å². The van der Waals surface area contributed by atoms with E-state index < -0.39 is 11.4 Å². The molecule has 4 heteroatoms. The Morgan fingerprint density at radius 3 is 2.00 bits per heavy atom. The average molecular weight is 320 g/mol. The van der Waals surface area contributed by atoms with Gasteiger partial charge in [0.15, 0.2) is 0 Å². The lowest BCUT2D eigenvalue weighted by Crippen LogP contribution is -2.50. The third-order valence-corrected chi connectivity index (χ3v) is 4.09. The number of primary amides is 1. The van der Waals surface area contributed by atoms with Crippen molar-refractivity contribution in [3.05, 3.63) is 95.8 Å². The minimum atomic E-state index is -1.45. The molecule has 24 heavy (non-hydrogen) atoms. The van der Waals surface area contributed by atoms with Gasteiger partial charge in [0.05, 0.1) is 0 Å². The number of amides is 1. The first-order valence-electron chi connectivity index (χ1n) is 7.52. The molecule has 0 saturated carbocycles. The van der Waals surface area contributed by atoms with Crippen LogP contribution in [0.5, 0.6) is 0 Å². The van der Waals surface area contributed by atoms with Crippen LogP contribution in [0.1, 0.15) is 11.1 Å². The van der Waals surface area contributed by atoms with Crippen molar-refractivity contribution in [2.75, 3.05) is 0 Å². The average Bonchev–Trinajstić information content (AvgIpc) is 2.61. The first-order chi connectivity index (χ1) is 11.5. The van der Waals surface area contributed by atoms with Gasteiger partial charge in [-0.25, -0.2) is 4.39 Å². The van der Waals surface area contributed by atoms with E-state index in [1.807, 2.05) is 12.1 Å². The molecule has 3 nitrogen and oxygen atoms in total. The molecule has 3 aromatic carbocycles.